The average Bonchev–Trinajstić information content (AvgIpc) is 3.40. The molecule has 3 rings (SSSR count). The molecule has 0 saturated carbocycles. The first kappa shape index (κ1) is 36.3. The lowest BCUT2D eigenvalue weighted by molar-refractivity contribution is -0.142. The van der Waals surface area contributed by atoms with E-state index in [2.05, 4.69) is 0 Å². The number of primary amides is 1. The van der Waals surface area contributed by atoms with Crippen molar-refractivity contribution < 1.29 is 28.3 Å². The monoisotopic (exact) mass is 640 g/mol. The highest BCUT2D eigenvalue weighted by Gasteiger charge is 2.38. The molecule has 0 spiro atoms. The Balaban J connectivity index is 2.09. The summed E-state index contributed by atoms with van der Waals surface area (Å²) in [5.74, 6) is -2.78. The summed E-state index contributed by atoms with van der Waals surface area (Å²) < 4.78 is 31.0. The lowest BCUT2D eigenvalue weighted by atomic mass is 9.84. The van der Waals surface area contributed by atoms with Gasteiger partial charge in [-0.15, -0.1) is 0 Å². The molecule has 0 aliphatic rings. The highest BCUT2D eigenvalue weighted by Crippen LogP contribution is 2.39. The van der Waals surface area contributed by atoms with Crippen LogP contribution < -0.4 is 11.5 Å². The van der Waals surface area contributed by atoms with Gasteiger partial charge in [-0.05, 0) is 48.4 Å². The van der Waals surface area contributed by atoms with Gasteiger partial charge in [0.15, 0.2) is 0 Å². The number of aliphatic hydroxyl groups excluding tert-OH is 1. The molecular weight excluding hydrogens is 594 g/mol. The van der Waals surface area contributed by atoms with Crippen LogP contribution in [0.5, 0.6) is 0 Å². The quantitative estimate of drug-likeness (QED) is 0.244. The Kier molecular flexibility index (Phi) is 12.2. The predicted octanol–water partition coefficient (Wildman–Crippen LogP) is 3.86. The highest BCUT2D eigenvalue weighted by molar-refractivity contribution is 5.88. The first-order valence-electron chi connectivity index (χ1n) is 15.4. The standard InChI is InChI=1S/C34H46F2N6O4/c1-21(2)29(37)33(46)41(22(3)31(38)45)15-10-16-42(28(44)20-43)30(34(4,5)6)32-39-27(25-17-24(35)13-14-26(25)36)19-40(32)18-23-11-8-7-9-12-23/h7-9,11-14,17,19,21-22,29-30,43H,10,15-16,18,20,37H2,1-6H3,(H2,38,45)/t22-,29-,30-/m0/s1. The van der Waals surface area contributed by atoms with Crippen molar-refractivity contribution in [3.05, 3.63) is 77.8 Å². The summed E-state index contributed by atoms with van der Waals surface area (Å²) in [5.41, 5.74) is 12.1. The van der Waals surface area contributed by atoms with Gasteiger partial charge in [-0.3, -0.25) is 14.4 Å². The zero-order chi connectivity index (χ0) is 34.3. The van der Waals surface area contributed by atoms with Crippen LogP contribution in [0.25, 0.3) is 11.3 Å². The molecule has 1 heterocycles. The first-order valence-corrected chi connectivity index (χ1v) is 15.4. The Morgan fingerprint density at radius 1 is 1.00 bits per heavy atom. The molecule has 0 radical (unpaired) electrons. The van der Waals surface area contributed by atoms with E-state index in [4.69, 9.17) is 16.5 Å². The maximum atomic E-state index is 14.9. The fraction of sp³-hybridized carbons (Fsp3) is 0.471. The Morgan fingerprint density at radius 3 is 2.20 bits per heavy atom. The molecule has 3 aromatic rings. The molecule has 46 heavy (non-hydrogen) atoms. The summed E-state index contributed by atoms with van der Waals surface area (Å²) in [6.45, 7) is 10.5. The molecular formula is C34H46F2N6O4. The number of hydrogen-bond donors (Lipinski definition) is 3. The number of nitrogens with zero attached hydrogens (tertiary/aromatic N) is 4. The third kappa shape index (κ3) is 8.76. The topological polar surface area (TPSA) is 148 Å². The summed E-state index contributed by atoms with van der Waals surface area (Å²) in [5, 5.41) is 10.1. The van der Waals surface area contributed by atoms with Crippen molar-refractivity contribution in [2.24, 2.45) is 22.8 Å². The third-order valence-corrected chi connectivity index (χ3v) is 8.00. The van der Waals surface area contributed by atoms with Crippen LogP contribution in [0.3, 0.4) is 0 Å². The van der Waals surface area contributed by atoms with Crippen molar-refractivity contribution >= 4 is 17.7 Å². The minimum Gasteiger partial charge on any atom is -0.387 e. The highest BCUT2D eigenvalue weighted by atomic mass is 19.1. The summed E-state index contributed by atoms with van der Waals surface area (Å²) in [7, 11) is 0. The van der Waals surface area contributed by atoms with Crippen molar-refractivity contribution in [1.82, 2.24) is 19.4 Å². The van der Waals surface area contributed by atoms with Gasteiger partial charge < -0.3 is 30.9 Å². The SMILES string of the molecule is CC(C)[C@H](N)C(=O)N(CCCN(C(=O)CO)[C@@H](c1nc(-c2cc(F)ccc2F)cn1Cc1ccccc1)C(C)(C)C)[C@@H](C)C(N)=O. The number of aromatic nitrogens is 2. The van der Waals surface area contributed by atoms with Crippen LogP contribution in [0.15, 0.2) is 54.7 Å². The molecule has 0 bridgehead atoms. The second-order valence-corrected chi connectivity index (χ2v) is 13.0. The lowest BCUT2D eigenvalue weighted by Crippen LogP contribution is -2.54. The van der Waals surface area contributed by atoms with E-state index in [1.165, 1.54) is 16.7 Å². The minimum absolute atomic E-state index is 0.0307. The van der Waals surface area contributed by atoms with E-state index in [0.717, 1.165) is 23.8 Å². The number of rotatable bonds is 14. The van der Waals surface area contributed by atoms with Crippen LogP contribution in [-0.4, -0.2) is 74.0 Å². The molecule has 1 aromatic heterocycles. The van der Waals surface area contributed by atoms with E-state index < -0.39 is 59.5 Å². The van der Waals surface area contributed by atoms with Crippen LogP contribution in [0.2, 0.25) is 0 Å². The molecule has 3 amide bonds. The van der Waals surface area contributed by atoms with Gasteiger partial charge in [-0.1, -0.05) is 65.0 Å². The van der Waals surface area contributed by atoms with E-state index in [1.807, 2.05) is 51.1 Å². The fourth-order valence-corrected chi connectivity index (χ4v) is 5.40. The van der Waals surface area contributed by atoms with Crippen LogP contribution in [0.4, 0.5) is 8.78 Å². The normalized spacial score (nSPS) is 13.7. The Morgan fingerprint density at radius 2 is 1.63 bits per heavy atom. The van der Waals surface area contributed by atoms with Gasteiger partial charge in [0.1, 0.15) is 30.1 Å². The van der Waals surface area contributed by atoms with Gasteiger partial charge in [0.05, 0.1) is 17.8 Å². The molecule has 0 aliphatic carbocycles. The molecule has 3 atom stereocenters. The second kappa shape index (κ2) is 15.4. The van der Waals surface area contributed by atoms with Crippen LogP contribution in [0, 0.1) is 23.0 Å². The van der Waals surface area contributed by atoms with Crippen molar-refractivity contribution in [2.75, 3.05) is 19.7 Å². The van der Waals surface area contributed by atoms with Gasteiger partial charge >= 0.3 is 0 Å². The number of hydrogen-bond acceptors (Lipinski definition) is 6. The van der Waals surface area contributed by atoms with E-state index in [1.54, 1.807) is 24.6 Å². The summed E-state index contributed by atoms with van der Waals surface area (Å²) >= 11 is 0. The Labute approximate surface area is 269 Å². The fourth-order valence-electron chi connectivity index (χ4n) is 5.40. The number of aliphatic hydroxyl groups is 1. The minimum atomic E-state index is -0.939. The smallest absolute Gasteiger partial charge is 0.248 e. The zero-order valence-corrected chi connectivity index (χ0v) is 27.4. The molecule has 10 nitrogen and oxygen atoms in total. The zero-order valence-electron chi connectivity index (χ0n) is 27.4. The molecule has 2 aromatic carbocycles. The van der Waals surface area contributed by atoms with E-state index in [0.29, 0.717) is 12.4 Å². The molecule has 0 saturated heterocycles. The average molecular weight is 641 g/mol. The van der Waals surface area contributed by atoms with Gasteiger partial charge in [0.25, 0.3) is 0 Å². The van der Waals surface area contributed by atoms with Crippen molar-refractivity contribution in [3.8, 4) is 11.3 Å². The van der Waals surface area contributed by atoms with Gasteiger partial charge in [-0.2, -0.15) is 0 Å². The molecule has 0 fully saturated rings. The number of imidazole rings is 1. The van der Waals surface area contributed by atoms with Crippen LogP contribution >= 0.6 is 0 Å². The predicted molar refractivity (Wildman–Crippen MR) is 172 cm³/mol. The molecule has 250 valence electrons. The van der Waals surface area contributed by atoms with Crippen molar-refractivity contribution in [1.29, 1.82) is 0 Å². The van der Waals surface area contributed by atoms with E-state index in [-0.39, 0.29) is 36.7 Å². The van der Waals surface area contributed by atoms with Gasteiger partial charge in [-0.25, -0.2) is 13.8 Å². The Hall–Kier alpha value is -4.16. The molecule has 0 aliphatic heterocycles. The van der Waals surface area contributed by atoms with E-state index in [9.17, 15) is 28.3 Å². The Bertz CT molecular complexity index is 1500. The number of nitrogens with two attached hydrogens (primary N) is 2. The van der Waals surface area contributed by atoms with Gasteiger partial charge in [0, 0.05) is 31.4 Å². The molecule has 12 heteroatoms. The number of benzene rings is 2. The first-order chi connectivity index (χ1) is 21.6. The number of carbonyl (C=O) groups excluding carboxylic acids is 3. The summed E-state index contributed by atoms with van der Waals surface area (Å²) in [4.78, 5) is 46.3. The van der Waals surface area contributed by atoms with Crippen molar-refractivity contribution in [3.63, 3.8) is 0 Å². The van der Waals surface area contributed by atoms with Gasteiger partial charge in [0.2, 0.25) is 17.7 Å². The largest absolute Gasteiger partial charge is 0.387 e. The number of halogens is 2. The van der Waals surface area contributed by atoms with Crippen molar-refractivity contribution in [2.45, 2.75) is 72.6 Å². The number of carbonyl (C=O) groups is 3. The summed E-state index contributed by atoms with van der Waals surface area (Å²) in [6.07, 6.45) is 1.85. The maximum Gasteiger partial charge on any atom is 0.248 e. The third-order valence-electron chi connectivity index (χ3n) is 8.00. The van der Waals surface area contributed by atoms with Crippen LogP contribution in [-0.2, 0) is 20.9 Å². The number of amides is 3. The van der Waals surface area contributed by atoms with E-state index >= 15 is 0 Å². The maximum absolute atomic E-state index is 14.9. The second-order valence-electron chi connectivity index (χ2n) is 13.0. The summed E-state index contributed by atoms with van der Waals surface area (Å²) in [6, 6.07) is 10.1. The molecule has 0 unspecified atom stereocenters. The van der Waals surface area contributed by atoms with Crippen LogP contribution in [0.1, 0.15) is 65.4 Å². The molecule has 5 N–H and O–H groups in total. The lowest BCUT2D eigenvalue weighted by Gasteiger charge is -2.40.